The van der Waals surface area contributed by atoms with Gasteiger partial charge in [-0.25, -0.2) is 9.07 Å². The lowest BCUT2D eigenvalue weighted by molar-refractivity contribution is 0.0685. The Kier molecular flexibility index (Phi) is 12.5. The monoisotopic (exact) mass is 664 g/mol. The molecule has 6 rings (SSSR count). The van der Waals surface area contributed by atoms with Gasteiger partial charge >= 0.3 is 0 Å². The van der Waals surface area contributed by atoms with Gasteiger partial charge in [0.2, 0.25) is 0 Å². The van der Waals surface area contributed by atoms with E-state index in [0.717, 1.165) is 24.4 Å². The number of amides is 1. The van der Waals surface area contributed by atoms with Crippen LogP contribution in [0.3, 0.4) is 0 Å². The molecule has 11 nitrogen and oxygen atoms in total. The second-order valence-electron chi connectivity index (χ2n) is 11.1. The quantitative estimate of drug-likeness (QED) is 0.251. The van der Waals surface area contributed by atoms with E-state index in [9.17, 15) is 14.0 Å². The normalized spacial score (nSPS) is 15.6. The van der Waals surface area contributed by atoms with Crippen LogP contribution in [-0.2, 0) is 13.2 Å². The van der Waals surface area contributed by atoms with Gasteiger partial charge in [-0.3, -0.25) is 9.59 Å². The van der Waals surface area contributed by atoms with Crippen LogP contribution in [0.5, 0.6) is 17.2 Å². The minimum Gasteiger partial charge on any atom is -0.497 e. The van der Waals surface area contributed by atoms with Crippen LogP contribution in [-0.4, -0.2) is 78.6 Å². The number of carbonyl (C=O) groups is 1. The maximum atomic E-state index is 14.4. The molecule has 0 spiro atoms. The summed E-state index contributed by atoms with van der Waals surface area (Å²) in [6.07, 6.45) is 0. The molecule has 12 heteroatoms. The van der Waals surface area contributed by atoms with E-state index in [1.807, 2.05) is 70.4 Å². The van der Waals surface area contributed by atoms with E-state index in [2.05, 4.69) is 10.2 Å². The molecule has 1 fully saturated rings. The number of carbonyl (C=O) groups excluding carboxylic acids is 1. The fourth-order valence-electron chi connectivity index (χ4n) is 6.10. The van der Waals surface area contributed by atoms with Crippen LogP contribution in [0.4, 0.5) is 10.2 Å². The van der Waals surface area contributed by atoms with Crippen molar-refractivity contribution in [2.45, 2.75) is 60.7 Å². The molecule has 48 heavy (non-hydrogen) atoms. The van der Waals surface area contributed by atoms with Crippen molar-refractivity contribution in [2.75, 3.05) is 58.4 Å². The number of ether oxygens (including phenoxy) is 3. The molecule has 2 aliphatic heterocycles. The minimum atomic E-state index is -0.453. The van der Waals surface area contributed by atoms with E-state index in [0.29, 0.717) is 59.9 Å². The number of hydrogen-bond acceptors (Lipinski definition) is 8. The molecule has 2 aliphatic rings. The number of anilines is 1. The van der Waals surface area contributed by atoms with Gasteiger partial charge in [-0.2, -0.15) is 0 Å². The zero-order chi connectivity index (χ0) is 35.0. The number of hydrogen-bond donors (Lipinski definition) is 1. The highest BCUT2D eigenvalue weighted by Gasteiger charge is 2.38. The molecule has 0 bridgehead atoms. The first-order valence-corrected chi connectivity index (χ1v) is 16.9. The number of methoxy groups -OCH3 is 2. The molecule has 0 aliphatic carbocycles. The van der Waals surface area contributed by atoms with E-state index < -0.39 is 11.4 Å². The maximum absolute atomic E-state index is 14.4. The summed E-state index contributed by atoms with van der Waals surface area (Å²) in [5.74, 6) is 1.27. The van der Waals surface area contributed by atoms with Crippen molar-refractivity contribution in [2.24, 2.45) is 0 Å². The number of benzene rings is 2. The third kappa shape index (κ3) is 7.13. The molecule has 2 aromatic heterocycles. The molecule has 0 saturated carbocycles. The molecule has 1 unspecified atom stereocenters. The van der Waals surface area contributed by atoms with E-state index in [1.165, 1.54) is 23.9 Å². The first-order valence-electron chi connectivity index (χ1n) is 16.9. The highest BCUT2D eigenvalue weighted by Crippen LogP contribution is 2.41. The lowest BCUT2D eigenvalue weighted by Gasteiger charge is -2.34. The fourth-order valence-corrected chi connectivity index (χ4v) is 6.10. The Balaban J connectivity index is 0.00000125. The standard InChI is InChI=1S/C32H37FN6O5.2C2H6/c1-5-36-17-20(2)39-27-26(29(43-4)28(39)32(36)41)31(40)38(35-30(27)37-14-12-34-13-15-37)18-22-8-9-23(33)16-25(22)44-19-21-6-10-24(42-3)11-7-21;2*1-2/h6-11,16,20,34H,5,12-15,17-19H2,1-4H3;2*1-2H3. The Bertz CT molecular complexity index is 1750. The van der Waals surface area contributed by atoms with Crippen LogP contribution in [0.1, 0.15) is 69.2 Å². The van der Waals surface area contributed by atoms with Crippen LogP contribution in [0, 0.1) is 5.82 Å². The van der Waals surface area contributed by atoms with Crippen molar-refractivity contribution in [1.82, 2.24) is 24.6 Å². The van der Waals surface area contributed by atoms with Crippen LogP contribution in [0.25, 0.3) is 10.9 Å². The summed E-state index contributed by atoms with van der Waals surface area (Å²) in [5.41, 5.74) is 2.03. The zero-order valence-electron chi connectivity index (χ0n) is 29.4. The van der Waals surface area contributed by atoms with E-state index in [4.69, 9.17) is 19.3 Å². The summed E-state index contributed by atoms with van der Waals surface area (Å²) in [7, 11) is 3.08. The van der Waals surface area contributed by atoms with Crippen molar-refractivity contribution < 1.29 is 23.4 Å². The van der Waals surface area contributed by atoms with Gasteiger partial charge in [0.1, 0.15) is 34.8 Å². The Morgan fingerprint density at radius 2 is 1.67 bits per heavy atom. The molecular weight excluding hydrogens is 615 g/mol. The highest BCUT2D eigenvalue weighted by molar-refractivity contribution is 6.07. The van der Waals surface area contributed by atoms with Crippen LogP contribution in [0.2, 0.25) is 0 Å². The molecule has 4 heterocycles. The van der Waals surface area contributed by atoms with Gasteiger partial charge in [-0.05, 0) is 37.6 Å². The highest BCUT2D eigenvalue weighted by atomic mass is 19.1. The van der Waals surface area contributed by atoms with Crippen molar-refractivity contribution in [3.63, 3.8) is 0 Å². The van der Waals surface area contributed by atoms with E-state index in [-0.39, 0.29) is 30.9 Å². The van der Waals surface area contributed by atoms with Crippen molar-refractivity contribution in [3.8, 4) is 17.2 Å². The molecule has 2 aromatic carbocycles. The zero-order valence-corrected chi connectivity index (χ0v) is 29.4. The second-order valence-corrected chi connectivity index (χ2v) is 11.1. The Morgan fingerprint density at radius 3 is 2.29 bits per heavy atom. The largest absolute Gasteiger partial charge is 0.497 e. The number of halogens is 1. The van der Waals surface area contributed by atoms with Gasteiger partial charge in [0.25, 0.3) is 11.5 Å². The van der Waals surface area contributed by atoms with E-state index in [1.54, 1.807) is 18.1 Å². The van der Waals surface area contributed by atoms with Crippen molar-refractivity contribution in [1.29, 1.82) is 0 Å². The number of fused-ring (bicyclic) bond motifs is 3. The number of nitrogens with one attached hydrogen (secondary N) is 1. The molecule has 1 amide bonds. The SMILES string of the molecule is CC.CC.CCN1CC(C)n2c(c(OC)c3c(=O)n(Cc4ccc(F)cc4OCc4ccc(OC)cc4)nc(N4CCNCC4)c32)C1=O. The molecule has 1 saturated heterocycles. The number of piperazine rings is 1. The van der Waals surface area contributed by atoms with E-state index >= 15 is 0 Å². The molecule has 1 N–H and O–H groups in total. The summed E-state index contributed by atoms with van der Waals surface area (Å²) in [4.78, 5) is 31.8. The van der Waals surface area contributed by atoms with Gasteiger partial charge in [-0.1, -0.05) is 45.9 Å². The Morgan fingerprint density at radius 1 is 0.979 bits per heavy atom. The predicted molar refractivity (Wildman–Crippen MR) is 187 cm³/mol. The van der Waals surface area contributed by atoms with Crippen LogP contribution in [0.15, 0.2) is 47.3 Å². The predicted octanol–water partition coefficient (Wildman–Crippen LogP) is 5.48. The third-order valence-electron chi connectivity index (χ3n) is 8.36. The molecular formula is C36H49FN6O5. The first kappa shape index (κ1) is 36.3. The molecule has 0 radical (unpaired) electrons. The van der Waals surface area contributed by atoms with Crippen LogP contribution >= 0.6 is 0 Å². The first-order chi connectivity index (χ1) is 23.3. The fraction of sp³-hybridized carbons (Fsp3) is 0.472. The average Bonchev–Trinajstić information content (AvgIpc) is 3.50. The average molecular weight is 665 g/mol. The second kappa shape index (κ2) is 16.5. The number of aromatic nitrogens is 3. The molecule has 1 atom stereocenters. The summed E-state index contributed by atoms with van der Waals surface area (Å²) in [6, 6.07) is 11.6. The van der Waals surface area contributed by atoms with Gasteiger partial charge < -0.3 is 33.9 Å². The Hall–Kier alpha value is -4.58. The molecule has 260 valence electrons. The minimum absolute atomic E-state index is 0.0281. The van der Waals surface area contributed by atoms with Crippen molar-refractivity contribution in [3.05, 3.63) is 75.5 Å². The summed E-state index contributed by atoms with van der Waals surface area (Å²) < 4.78 is 34.8. The van der Waals surface area contributed by atoms with Crippen molar-refractivity contribution >= 4 is 22.6 Å². The smallest absolute Gasteiger partial charge is 0.280 e. The molecule has 4 aromatic rings. The van der Waals surface area contributed by atoms with Gasteiger partial charge in [0.15, 0.2) is 17.3 Å². The summed E-state index contributed by atoms with van der Waals surface area (Å²) in [5, 5.41) is 8.59. The Labute approximate surface area is 282 Å². The summed E-state index contributed by atoms with van der Waals surface area (Å²) >= 11 is 0. The van der Waals surface area contributed by atoms with Crippen LogP contribution < -0.4 is 30.0 Å². The topological polar surface area (TPSA) is 103 Å². The number of rotatable bonds is 9. The van der Waals surface area contributed by atoms with Gasteiger partial charge in [0, 0.05) is 56.9 Å². The third-order valence-corrected chi connectivity index (χ3v) is 8.36. The number of nitrogens with zero attached hydrogens (tertiary/aromatic N) is 5. The summed E-state index contributed by atoms with van der Waals surface area (Å²) in [6.45, 7) is 16.1. The number of likely N-dealkylation sites (N-methyl/N-ethyl adjacent to an activating group) is 1. The van der Waals surface area contributed by atoms with Gasteiger partial charge in [-0.15, -0.1) is 5.10 Å². The maximum Gasteiger partial charge on any atom is 0.280 e. The lowest BCUT2D eigenvalue weighted by Crippen LogP contribution is -2.45. The van der Waals surface area contributed by atoms with Gasteiger partial charge in [0.05, 0.1) is 20.8 Å². The lowest BCUT2D eigenvalue weighted by atomic mass is 10.2.